The van der Waals surface area contributed by atoms with Crippen LogP contribution in [0.25, 0.3) is 0 Å². The highest BCUT2D eigenvalue weighted by Crippen LogP contribution is 2.15. The van der Waals surface area contributed by atoms with Crippen molar-refractivity contribution in [3.05, 3.63) is 29.8 Å². The first-order valence-electron chi connectivity index (χ1n) is 8.31. The Hall–Kier alpha value is -1.63. The molecule has 2 atom stereocenters. The molecule has 23 heavy (non-hydrogen) atoms. The number of anilines is 1. The van der Waals surface area contributed by atoms with Crippen LogP contribution in [0.4, 0.5) is 5.69 Å². The summed E-state index contributed by atoms with van der Waals surface area (Å²) in [5.41, 5.74) is 1.67. The summed E-state index contributed by atoms with van der Waals surface area (Å²) in [4.78, 5) is 16.6. The third-order valence-electron chi connectivity index (χ3n) is 4.52. The van der Waals surface area contributed by atoms with Crippen LogP contribution in [0.15, 0.2) is 24.3 Å². The lowest BCUT2D eigenvalue weighted by atomic mass is 10.1. The molecule has 6 nitrogen and oxygen atoms in total. The SMILES string of the molecule is CN(C)c1ccc(C(=O)OC[C@@H]2CCN3CCCNC3N2)cc1. The maximum Gasteiger partial charge on any atom is 0.338 e. The van der Waals surface area contributed by atoms with Crippen LogP contribution in [0.2, 0.25) is 0 Å². The van der Waals surface area contributed by atoms with Gasteiger partial charge in [-0.15, -0.1) is 0 Å². The van der Waals surface area contributed by atoms with E-state index in [0.29, 0.717) is 12.2 Å². The van der Waals surface area contributed by atoms with E-state index in [9.17, 15) is 4.79 Å². The molecular formula is C17H26N4O2. The quantitative estimate of drug-likeness (QED) is 0.803. The number of carbonyl (C=O) groups excluding carboxylic acids is 1. The summed E-state index contributed by atoms with van der Waals surface area (Å²) in [6.45, 7) is 3.64. The van der Waals surface area contributed by atoms with E-state index < -0.39 is 0 Å². The summed E-state index contributed by atoms with van der Waals surface area (Å²) in [6, 6.07) is 7.71. The number of rotatable bonds is 4. The second-order valence-electron chi connectivity index (χ2n) is 6.44. The van der Waals surface area contributed by atoms with E-state index in [-0.39, 0.29) is 18.3 Å². The molecule has 2 aliphatic rings. The number of esters is 1. The van der Waals surface area contributed by atoms with Gasteiger partial charge in [-0.3, -0.25) is 15.5 Å². The normalized spacial score (nSPS) is 24.8. The molecule has 2 heterocycles. The first-order chi connectivity index (χ1) is 11.1. The van der Waals surface area contributed by atoms with Gasteiger partial charge in [-0.1, -0.05) is 0 Å². The number of nitrogens with zero attached hydrogens (tertiary/aromatic N) is 2. The van der Waals surface area contributed by atoms with Gasteiger partial charge < -0.3 is 9.64 Å². The molecule has 0 aliphatic carbocycles. The van der Waals surface area contributed by atoms with Gasteiger partial charge in [-0.05, 0) is 43.7 Å². The second-order valence-corrected chi connectivity index (χ2v) is 6.44. The molecule has 0 saturated carbocycles. The molecule has 6 heteroatoms. The number of carbonyl (C=O) groups is 1. The number of hydrogen-bond donors (Lipinski definition) is 2. The molecule has 3 rings (SSSR count). The maximum atomic E-state index is 12.2. The topological polar surface area (TPSA) is 56.8 Å². The van der Waals surface area contributed by atoms with Crippen LogP contribution in [-0.2, 0) is 4.74 Å². The number of fused-ring (bicyclic) bond motifs is 1. The molecule has 0 bridgehead atoms. The molecule has 2 N–H and O–H groups in total. The zero-order chi connectivity index (χ0) is 16.2. The zero-order valence-corrected chi connectivity index (χ0v) is 13.9. The zero-order valence-electron chi connectivity index (χ0n) is 13.9. The molecule has 1 unspecified atom stereocenters. The van der Waals surface area contributed by atoms with Gasteiger partial charge in [-0.2, -0.15) is 0 Å². The van der Waals surface area contributed by atoms with Gasteiger partial charge in [0.05, 0.1) is 5.56 Å². The average molecular weight is 318 g/mol. The van der Waals surface area contributed by atoms with Crippen molar-refractivity contribution in [2.45, 2.75) is 25.2 Å². The third-order valence-corrected chi connectivity index (χ3v) is 4.52. The first-order valence-corrected chi connectivity index (χ1v) is 8.31. The van der Waals surface area contributed by atoms with Crippen molar-refractivity contribution in [3.8, 4) is 0 Å². The number of ether oxygens (including phenoxy) is 1. The molecule has 0 radical (unpaired) electrons. The van der Waals surface area contributed by atoms with Crippen LogP contribution in [0, 0.1) is 0 Å². The largest absolute Gasteiger partial charge is 0.460 e. The fraction of sp³-hybridized carbons (Fsp3) is 0.588. The Morgan fingerprint density at radius 1 is 1.30 bits per heavy atom. The van der Waals surface area contributed by atoms with Gasteiger partial charge in [0.25, 0.3) is 0 Å². The highest BCUT2D eigenvalue weighted by atomic mass is 16.5. The summed E-state index contributed by atoms with van der Waals surface area (Å²) in [7, 11) is 3.95. The Labute approximate surface area is 137 Å². The lowest BCUT2D eigenvalue weighted by Crippen LogP contribution is -2.65. The summed E-state index contributed by atoms with van der Waals surface area (Å²) in [6.07, 6.45) is 2.42. The third kappa shape index (κ3) is 4.02. The number of nitrogens with one attached hydrogen (secondary N) is 2. The fourth-order valence-corrected chi connectivity index (χ4v) is 3.10. The van der Waals surface area contributed by atoms with Crippen LogP contribution in [0.3, 0.4) is 0 Å². The average Bonchev–Trinajstić information content (AvgIpc) is 2.59. The van der Waals surface area contributed by atoms with E-state index in [1.165, 1.54) is 6.42 Å². The Morgan fingerprint density at radius 2 is 2.09 bits per heavy atom. The van der Waals surface area contributed by atoms with Gasteiger partial charge >= 0.3 is 5.97 Å². The van der Waals surface area contributed by atoms with Crippen molar-refractivity contribution in [2.24, 2.45) is 0 Å². The number of hydrogen-bond acceptors (Lipinski definition) is 6. The van der Waals surface area contributed by atoms with Crippen molar-refractivity contribution in [2.75, 3.05) is 45.2 Å². The Bertz CT molecular complexity index is 532. The summed E-state index contributed by atoms with van der Waals surface area (Å²) in [5, 5.41) is 6.97. The van der Waals surface area contributed by atoms with Gasteiger partial charge in [0.15, 0.2) is 0 Å². The van der Waals surface area contributed by atoms with E-state index in [1.54, 1.807) is 0 Å². The predicted molar refractivity (Wildman–Crippen MR) is 90.6 cm³/mol. The lowest BCUT2D eigenvalue weighted by Gasteiger charge is -2.43. The van der Waals surface area contributed by atoms with E-state index in [0.717, 1.165) is 31.7 Å². The highest BCUT2D eigenvalue weighted by Gasteiger charge is 2.29. The molecule has 2 saturated heterocycles. The van der Waals surface area contributed by atoms with Crippen molar-refractivity contribution in [1.82, 2.24) is 15.5 Å². The van der Waals surface area contributed by atoms with Crippen molar-refractivity contribution >= 4 is 11.7 Å². The van der Waals surface area contributed by atoms with Crippen LogP contribution < -0.4 is 15.5 Å². The van der Waals surface area contributed by atoms with E-state index in [2.05, 4.69) is 15.5 Å². The van der Waals surface area contributed by atoms with Gasteiger partial charge in [0, 0.05) is 38.9 Å². The molecule has 1 aromatic rings. The maximum absolute atomic E-state index is 12.2. The highest BCUT2D eigenvalue weighted by molar-refractivity contribution is 5.89. The van der Waals surface area contributed by atoms with Crippen LogP contribution in [0.1, 0.15) is 23.2 Å². The molecule has 0 aromatic heterocycles. The molecule has 0 amide bonds. The minimum Gasteiger partial charge on any atom is -0.460 e. The van der Waals surface area contributed by atoms with Crippen molar-refractivity contribution in [3.63, 3.8) is 0 Å². The van der Waals surface area contributed by atoms with Gasteiger partial charge in [0.2, 0.25) is 0 Å². The summed E-state index contributed by atoms with van der Waals surface area (Å²) in [5.74, 6) is -0.254. The van der Waals surface area contributed by atoms with Crippen molar-refractivity contribution < 1.29 is 9.53 Å². The van der Waals surface area contributed by atoms with Crippen LogP contribution >= 0.6 is 0 Å². The molecular weight excluding hydrogens is 292 g/mol. The van der Waals surface area contributed by atoms with Crippen molar-refractivity contribution in [1.29, 1.82) is 0 Å². The second kappa shape index (κ2) is 7.29. The van der Waals surface area contributed by atoms with Gasteiger partial charge in [-0.25, -0.2) is 4.79 Å². The lowest BCUT2D eigenvalue weighted by molar-refractivity contribution is 0.0193. The molecule has 126 valence electrons. The van der Waals surface area contributed by atoms with Gasteiger partial charge in [0.1, 0.15) is 12.9 Å². The first kappa shape index (κ1) is 16.2. The monoisotopic (exact) mass is 318 g/mol. The Morgan fingerprint density at radius 3 is 2.83 bits per heavy atom. The standard InChI is InChI=1S/C17H26N4O2/c1-20(2)15-6-4-13(5-7-15)16(22)23-12-14-8-11-21-10-3-9-18-17(21)19-14/h4-7,14,17-19H,3,8-12H2,1-2H3/t14-,17?/m0/s1. The minimum atomic E-state index is -0.254. The fourth-order valence-electron chi connectivity index (χ4n) is 3.10. The summed E-state index contributed by atoms with van der Waals surface area (Å²) >= 11 is 0. The number of benzene rings is 1. The van der Waals surface area contributed by atoms with E-state index in [4.69, 9.17) is 4.74 Å². The smallest absolute Gasteiger partial charge is 0.338 e. The van der Waals surface area contributed by atoms with E-state index in [1.807, 2.05) is 43.3 Å². The Kier molecular flexibility index (Phi) is 5.15. The molecule has 1 aromatic carbocycles. The molecule has 0 spiro atoms. The molecule has 2 aliphatic heterocycles. The Balaban J connectivity index is 1.49. The van der Waals surface area contributed by atoms with E-state index >= 15 is 0 Å². The van der Waals surface area contributed by atoms with Crippen LogP contribution in [0.5, 0.6) is 0 Å². The molecule has 2 fully saturated rings. The predicted octanol–water partition coefficient (Wildman–Crippen LogP) is 0.850. The van der Waals surface area contributed by atoms with Crippen LogP contribution in [-0.4, -0.2) is 63.5 Å². The minimum absolute atomic E-state index is 0.215. The summed E-state index contributed by atoms with van der Waals surface area (Å²) < 4.78 is 5.49.